The van der Waals surface area contributed by atoms with Gasteiger partial charge in [0.25, 0.3) is 0 Å². The molecular weight excluding hydrogens is 668 g/mol. The van der Waals surface area contributed by atoms with E-state index in [9.17, 15) is 9.90 Å². The van der Waals surface area contributed by atoms with Crippen LogP contribution in [0, 0.1) is 24.7 Å². The number of fused-ring (bicyclic) bond motifs is 1. The fraction of sp³-hybridized carbons (Fsp3) is 0.591. The second kappa shape index (κ2) is 14.4. The van der Waals surface area contributed by atoms with Crippen molar-refractivity contribution in [2.75, 3.05) is 37.6 Å². The summed E-state index contributed by atoms with van der Waals surface area (Å²) in [5, 5.41) is 11.6. The highest BCUT2D eigenvalue weighted by atomic mass is 35.5. The third kappa shape index (κ3) is 8.08. The third-order valence-electron chi connectivity index (χ3n) is 12.4. The van der Waals surface area contributed by atoms with Crippen molar-refractivity contribution in [1.82, 2.24) is 14.8 Å². The highest BCUT2D eigenvalue weighted by molar-refractivity contribution is 6.31. The molecule has 4 aliphatic rings. The largest absolute Gasteiger partial charge is 0.479 e. The number of anilines is 1. The summed E-state index contributed by atoms with van der Waals surface area (Å²) < 4.78 is 6.43. The predicted octanol–water partition coefficient (Wildman–Crippen LogP) is 9.52. The lowest BCUT2D eigenvalue weighted by Gasteiger charge is -2.41. The first-order chi connectivity index (χ1) is 24.6. The molecule has 1 aliphatic carbocycles. The highest BCUT2D eigenvalue weighted by Crippen LogP contribution is 2.54. The van der Waals surface area contributed by atoms with Gasteiger partial charge in [0.15, 0.2) is 6.10 Å². The number of pyridine rings is 1. The van der Waals surface area contributed by atoms with Crippen LogP contribution in [-0.4, -0.2) is 64.2 Å². The first-order valence-corrected chi connectivity index (χ1v) is 20.0. The minimum absolute atomic E-state index is 0.239. The van der Waals surface area contributed by atoms with Crippen LogP contribution in [0.2, 0.25) is 5.02 Å². The normalized spacial score (nSPS) is 20.9. The summed E-state index contributed by atoms with van der Waals surface area (Å²) in [5.41, 5.74) is 11.1. The number of carboxylic acid groups (broad SMARTS) is 1. The average molecular weight is 727 g/mol. The second-order valence-electron chi connectivity index (χ2n) is 18.1. The van der Waals surface area contributed by atoms with Gasteiger partial charge in [0.1, 0.15) is 0 Å². The smallest absolute Gasteiger partial charge is 0.337 e. The van der Waals surface area contributed by atoms with Crippen LogP contribution in [0.15, 0.2) is 36.4 Å². The van der Waals surface area contributed by atoms with Gasteiger partial charge in [0, 0.05) is 61.1 Å². The molecule has 1 unspecified atom stereocenters. The summed E-state index contributed by atoms with van der Waals surface area (Å²) in [5.74, 6) is -0.970. The zero-order chi connectivity index (χ0) is 37.0. The summed E-state index contributed by atoms with van der Waals surface area (Å²) in [6.45, 7) is 22.0. The zero-order valence-corrected chi connectivity index (χ0v) is 33.3. The minimum Gasteiger partial charge on any atom is -0.479 e. The van der Waals surface area contributed by atoms with Crippen molar-refractivity contribution >= 4 is 23.3 Å². The number of aliphatic carboxylic acids is 1. The fourth-order valence-electron chi connectivity index (χ4n) is 8.81. The van der Waals surface area contributed by atoms with Crippen LogP contribution in [0.25, 0.3) is 11.1 Å². The van der Waals surface area contributed by atoms with Gasteiger partial charge in [-0.05, 0) is 137 Å². The lowest BCUT2D eigenvalue weighted by Crippen LogP contribution is -2.40. The van der Waals surface area contributed by atoms with E-state index in [1.807, 2.05) is 39.8 Å². The number of likely N-dealkylation sites (tertiary alicyclic amines) is 1. The van der Waals surface area contributed by atoms with Gasteiger partial charge in [-0.15, -0.1) is 0 Å². The molecule has 0 radical (unpaired) electrons. The Morgan fingerprint density at radius 2 is 1.63 bits per heavy atom. The first-order valence-electron chi connectivity index (χ1n) is 19.6. The van der Waals surface area contributed by atoms with Crippen LogP contribution in [0.1, 0.15) is 118 Å². The number of carboxylic acids is 1. The van der Waals surface area contributed by atoms with Gasteiger partial charge in [-0.2, -0.15) is 0 Å². The van der Waals surface area contributed by atoms with E-state index in [1.54, 1.807) is 0 Å². The Morgan fingerprint density at radius 3 is 2.27 bits per heavy atom. The minimum atomic E-state index is -1.13. The van der Waals surface area contributed by atoms with Crippen LogP contribution in [-0.2, 0) is 35.6 Å². The van der Waals surface area contributed by atoms with Crippen molar-refractivity contribution in [3.63, 3.8) is 0 Å². The Labute approximate surface area is 316 Å². The van der Waals surface area contributed by atoms with Crippen molar-refractivity contribution < 1.29 is 14.6 Å². The van der Waals surface area contributed by atoms with Gasteiger partial charge in [0.05, 0.1) is 17.0 Å². The average Bonchev–Trinajstić information content (AvgIpc) is 3.84. The molecule has 1 spiro atoms. The Balaban J connectivity index is 1.33. The van der Waals surface area contributed by atoms with E-state index in [1.165, 1.54) is 47.9 Å². The Morgan fingerprint density at radius 1 is 0.923 bits per heavy atom. The Kier molecular flexibility index (Phi) is 10.3. The molecule has 8 heteroatoms. The number of piperidine rings is 2. The van der Waals surface area contributed by atoms with Crippen molar-refractivity contribution in [3.05, 3.63) is 80.6 Å². The number of carbonyl (C=O) groups is 1. The number of aryl methyl sites for hydroxylation is 2. The summed E-state index contributed by atoms with van der Waals surface area (Å²) in [6, 6.07) is 13.1. The third-order valence-corrected chi connectivity index (χ3v) is 12.8. The molecule has 2 saturated heterocycles. The number of hydrogen-bond acceptors (Lipinski definition) is 6. The number of hydrogen-bond donors (Lipinski definition) is 1. The molecule has 52 heavy (non-hydrogen) atoms. The molecule has 280 valence electrons. The lowest BCUT2D eigenvalue weighted by atomic mass is 9.81. The van der Waals surface area contributed by atoms with Crippen LogP contribution in [0.5, 0.6) is 0 Å². The number of nitrogens with zero attached hydrogens (tertiary/aromatic N) is 4. The van der Waals surface area contributed by atoms with E-state index in [2.05, 4.69) is 59.7 Å². The molecule has 1 aromatic heterocycles. The number of rotatable bonds is 9. The molecule has 1 atom stereocenters. The van der Waals surface area contributed by atoms with Crippen LogP contribution in [0.4, 0.5) is 5.69 Å². The maximum Gasteiger partial charge on any atom is 0.337 e. The maximum atomic E-state index is 13.2. The summed E-state index contributed by atoms with van der Waals surface area (Å²) in [4.78, 5) is 26.1. The van der Waals surface area contributed by atoms with E-state index in [0.29, 0.717) is 11.0 Å². The quantitative estimate of drug-likeness (QED) is 0.236. The molecule has 4 heterocycles. The van der Waals surface area contributed by atoms with Gasteiger partial charge in [-0.1, -0.05) is 55.8 Å². The highest BCUT2D eigenvalue weighted by Gasteiger charge is 2.45. The van der Waals surface area contributed by atoms with Gasteiger partial charge >= 0.3 is 5.97 Å². The molecule has 0 bridgehead atoms. The van der Waals surface area contributed by atoms with Crippen molar-refractivity contribution in [2.24, 2.45) is 10.8 Å². The molecule has 0 amide bonds. The standard InChI is InChI=1S/C44H59ClN4O3/c1-29-9-8-10-35(45)34(29)27-48-20-13-31-25-32(11-12-33(31)26-48)38-36(28-47-21-18-44(14-15-44)19-22-47)46-30(2)37(40(41(50)51)52-42(3,4)5)39(38)49-23-16-43(6,7)17-24-49/h8-12,25,40H,13-24,26-28H2,1-7H3,(H,50,51). The monoisotopic (exact) mass is 726 g/mol. The van der Waals surface area contributed by atoms with Crippen molar-refractivity contribution in [3.8, 4) is 11.1 Å². The van der Waals surface area contributed by atoms with E-state index >= 15 is 0 Å². The van der Waals surface area contributed by atoms with Crippen LogP contribution >= 0.6 is 11.6 Å². The number of halogens is 1. The van der Waals surface area contributed by atoms with Crippen molar-refractivity contribution in [2.45, 2.75) is 125 Å². The van der Waals surface area contributed by atoms with Crippen LogP contribution < -0.4 is 4.90 Å². The number of benzene rings is 2. The summed E-state index contributed by atoms with van der Waals surface area (Å²) in [6.07, 6.45) is 7.17. The van der Waals surface area contributed by atoms with Crippen molar-refractivity contribution in [1.29, 1.82) is 0 Å². The Hall–Kier alpha value is -2.97. The molecule has 3 aromatic rings. The molecule has 1 saturated carbocycles. The topological polar surface area (TPSA) is 69.1 Å². The van der Waals surface area contributed by atoms with E-state index in [0.717, 1.165) is 105 Å². The molecule has 3 aliphatic heterocycles. The van der Waals surface area contributed by atoms with Gasteiger partial charge in [-0.25, -0.2) is 4.79 Å². The van der Waals surface area contributed by atoms with Gasteiger partial charge in [-0.3, -0.25) is 14.8 Å². The van der Waals surface area contributed by atoms with E-state index < -0.39 is 17.7 Å². The maximum absolute atomic E-state index is 13.2. The Bertz CT molecular complexity index is 1790. The lowest BCUT2D eigenvalue weighted by molar-refractivity contribution is -0.160. The summed E-state index contributed by atoms with van der Waals surface area (Å²) >= 11 is 6.65. The van der Waals surface area contributed by atoms with E-state index in [4.69, 9.17) is 21.3 Å². The summed E-state index contributed by atoms with van der Waals surface area (Å²) in [7, 11) is 0. The SMILES string of the molecule is Cc1cccc(Cl)c1CN1CCc2cc(-c3c(CN4CCC5(CC4)CC5)nc(C)c(C(OC(C)(C)C)C(=O)O)c3N3CCC(C)(C)CC3)ccc2C1. The first kappa shape index (κ1) is 37.3. The molecule has 3 fully saturated rings. The predicted molar refractivity (Wildman–Crippen MR) is 211 cm³/mol. The molecule has 7 rings (SSSR count). The van der Waals surface area contributed by atoms with Gasteiger partial charge in [0.2, 0.25) is 0 Å². The molecular formula is C44H59ClN4O3. The molecule has 2 aromatic carbocycles. The molecule has 7 nitrogen and oxygen atoms in total. The van der Waals surface area contributed by atoms with Gasteiger partial charge < -0.3 is 14.7 Å². The van der Waals surface area contributed by atoms with E-state index in [-0.39, 0.29) is 5.41 Å². The van der Waals surface area contributed by atoms with Crippen LogP contribution in [0.3, 0.4) is 0 Å². The number of ether oxygens (including phenoxy) is 1. The zero-order valence-electron chi connectivity index (χ0n) is 32.6. The fourth-order valence-corrected chi connectivity index (χ4v) is 9.09. The number of aromatic nitrogens is 1. The second-order valence-corrected chi connectivity index (χ2v) is 18.5. The molecule has 1 N–H and O–H groups in total.